The summed E-state index contributed by atoms with van der Waals surface area (Å²) in [4.78, 5) is 26.6. The van der Waals surface area contributed by atoms with Crippen molar-refractivity contribution in [2.45, 2.75) is 24.7 Å². The van der Waals surface area contributed by atoms with E-state index in [9.17, 15) is 18.0 Å². The fourth-order valence-electron chi connectivity index (χ4n) is 3.48. The zero-order valence-corrected chi connectivity index (χ0v) is 17.8. The number of benzene rings is 2. The Hall–Kier alpha value is -2.87. The summed E-state index contributed by atoms with van der Waals surface area (Å²) >= 11 is 0. The van der Waals surface area contributed by atoms with Crippen molar-refractivity contribution < 1.29 is 22.7 Å². The first-order valence-electron chi connectivity index (χ1n) is 10.0. The SMILES string of the molecule is CCOC(=O)C1CCN(C(=O)CN(c2ccccc2)S(=O)(=O)c2ccccc2)CC1. The van der Waals surface area contributed by atoms with Crippen LogP contribution in [0.3, 0.4) is 0 Å². The van der Waals surface area contributed by atoms with Crippen molar-refractivity contribution in [2.75, 3.05) is 30.5 Å². The highest BCUT2D eigenvalue weighted by Gasteiger charge is 2.32. The third-order valence-electron chi connectivity index (χ3n) is 5.12. The Morgan fingerprint density at radius 2 is 1.57 bits per heavy atom. The lowest BCUT2D eigenvalue weighted by Crippen LogP contribution is -2.46. The van der Waals surface area contributed by atoms with Crippen LogP contribution in [-0.2, 0) is 24.3 Å². The summed E-state index contributed by atoms with van der Waals surface area (Å²) in [5, 5.41) is 0. The normalized spacial score (nSPS) is 14.9. The van der Waals surface area contributed by atoms with Gasteiger partial charge < -0.3 is 9.64 Å². The second kappa shape index (κ2) is 9.75. The Balaban J connectivity index is 1.76. The Morgan fingerprint density at radius 1 is 1.00 bits per heavy atom. The van der Waals surface area contributed by atoms with Crippen LogP contribution in [0.4, 0.5) is 5.69 Å². The molecule has 0 aliphatic carbocycles. The molecule has 3 rings (SSSR count). The monoisotopic (exact) mass is 430 g/mol. The molecule has 0 spiro atoms. The van der Waals surface area contributed by atoms with E-state index in [2.05, 4.69) is 0 Å². The molecule has 0 aromatic heterocycles. The van der Waals surface area contributed by atoms with Gasteiger partial charge in [-0.1, -0.05) is 36.4 Å². The van der Waals surface area contributed by atoms with Gasteiger partial charge in [-0.15, -0.1) is 0 Å². The quantitative estimate of drug-likeness (QED) is 0.631. The number of carbonyl (C=O) groups is 2. The van der Waals surface area contributed by atoms with Gasteiger partial charge in [0.05, 0.1) is 23.1 Å². The molecule has 1 amide bonds. The maximum Gasteiger partial charge on any atom is 0.309 e. The Morgan fingerprint density at radius 3 is 2.13 bits per heavy atom. The zero-order chi connectivity index (χ0) is 21.6. The van der Waals surface area contributed by atoms with Crippen molar-refractivity contribution in [2.24, 2.45) is 5.92 Å². The molecule has 1 aliphatic rings. The molecule has 1 saturated heterocycles. The summed E-state index contributed by atoms with van der Waals surface area (Å²) in [7, 11) is -3.91. The third-order valence-corrected chi connectivity index (χ3v) is 6.91. The highest BCUT2D eigenvalue weighted by Crippen LogP contribution is 2.25. The first-order chi connectivity index (χ1) is 14.4. The van der Waals surface area contributed by atoms with Crippen LogP contribution < -0.4 is 4.31 Å². The van der Waals surface area contributed by atoms with Crippen molar-refractivity contribution in [3.63, 3.8) is 0 Å². The van der Waals surface area contributed by atoms with E-state index in [0.29, 0.717) is 38.2 Å². The van der Waals surface area contributed by atoms with Crippen molar-refractivity contribution >= 4 is 27.6 Å². The highest BCUT2D eigenvalue weighted by molar-refractivity contribution is 7.92. The summed E-state index contributed by atoms with van der Waals surface area (Å²) in [5.41, 5.74) is 0.427. The minimum atomic E-state index is -3.91. The summed E-state index contributed by atoms with van der Waals surface area (Å²) in [6, 6.07) is 16.7. The van der Waals surface area contributed by atoms with Gasteiger partial charge in [0.1, 0.15) is 6.54 Å². The largest absolute Gasteiger partial charge is 0.466 e. The number of hydrogen-bond acceptors (Lipinski definition) is 5. The summed E-state index contributed by atoms with van der Waals surface area (Å²) in [6.45, 7) is 2.60. The Bertz CT molecular complexity index is 956. The molecule has 0 radical (unpaired) electrons. The number of nitrogens with zero attached hydrogens (tertiary/aromatic N) is 2. The molecule has 0 atom stereocenters. The van der Waals surface area contributed by atoms with Crippen LogP contribution in [0.25, 0.3) is 0 Å². The number of likely N-dealkylation sites (tertiary alicyclic amines) is 1. The zero-order valence-electron chi connectivity index (χ0n) is 16.9. The lowest BCUT2D eigenvalue weighted by Gasteiger charge is -2.33. The van der Waals surface area contributed by atoms with Crippen LogP contribution in [0.1, 0.15) is 19.8 Å². The molecule has 1 fully saturated rings. The minimum Gasteiger partial charge on any atom is -0.466 e. The van der Waals surface area contributed by atoms with Gasteiger partial charge in [-0.25, -0.2) is 8.42 Å². The predicted molar refractivity (Wildman–Crippen MR) is 113 cm³/mol. The molecule has 2 aromatic rings. The fourth-order valence-corrected chi connectivity index (χ4v) is 4.91. The van der Waals surface area contributed by atoms with Crippen LogP contribution in [0.2, 0.25) is 0 Å². The van der Waals surface area contributed by atoms with E-state index in [1.165, 1.54) is 12.1 Å². The van der Waals surface area contributed by atoms with Gasteiger partial charge in [-0.3, -0.25) is 13.9 Å². The van der Waals surface area contributed by atoms with E-state index in [4.69, 9.17) is 4.74 Å². The predicted octanol–water partition coefficient (Wildman–Crippen LogP) is 2.68. The van der Waals surface area contributed by atoms with Gasteiger partial charge in [0, 0.05) is 13.1 Å². The smallest absolute Gasteiger partial charge is 0.309 e. The first-order valence-corrected chi connectivity index (χ1v) is 11.4. The number of ether oxygens (including phenoxy) is 1. The topological polar surface area (TPSA) is 84.0 Å². The summed E-state index contributed by atoms with van der Waals surface area (Å²) in [5.74, 6) is -0.741. The average Bonchev–Trinajstić information content (AvgIpc) is 2.78. The van der Waals surface area contributed by atoms with E-state index < -0.39 is 10.0 Å². The number of hydrogen-bond donors (Lipinski definition) is 0. The molecule has 0 saturated carbocycles. The van der Waals surface area contributed by atoms with Crippen LogP contribution in [-0.4, -0.2) is 51.4 Å². The molecule has 7 nitrogen and oxygen atoms in total. The first kappa shape index (κ1) is 21.8. The lowest BCUT2D eigenvalue weighted by atomic mass is 9.97. The Kier molecular flexibility index (Phi) is 7.10. The van der Waals surface area contributed by atoms with Crippen molar-refractivity contribution in [3.05, 3.63) is 60.7 Å². The lowest BCUT2D eigenvalue weighted by molar-refractivity contribution is -0.151. The molecule has 30 heavy (non-hydrogen) atoms. The van der Waals surface area contributed by atoms with Crippen LogP contribution >= 0.6 is 0 Å². The van der Waals surface area contributed by atoms with E-state index in [-0.39, 0.29) is 29.2 Å². The molecule has 0 bridgehead atoms. The molecule has 0 N–H and O–H groups in total. The van der Waals surface area contributed by atoms with Gasteiger partial charge in [0.2, 0.25) is 5.91 Å². The standard InChI is InChI=1S/C22H26N2O5S/c1-2-29-22(26)18-13-15-23(16-14-18)21(25)17-24(19-9-5-3-6-10-19)30(27,28)20-11-7-4-8-12-20/h3-12,18H,2,13-17H2,1H3. The average molecular weight is 431 g/mol. The van der Waals surface area contributed by atoms with E-state index >= 15 is 0 Å². The maximum absolute atomic E-state index is 13.3. The number of piperidine rings is 1. The number of amides is 1. The highest BCUT2D eigenvalue weighted by atomic mass is 32.2. The maximum atomic E-state index is 13.3. The number of rotatable bonds is 7. The summed E-state index contributed by atoms with van der Waals surface area (Å²) < 4.78 is 32.7. The van der Waals surface area contributed by atoms with Crippen LogP contribution in [0, 0.1) is 5.92 Å². The third kappa shape index (κ3) is 4.99. The Labute approximate surface area is 177 Å². The van der Waals surface area contributed by atoms with Gasteiger partial charge in [0.15, 0.2) is 0 Å². The molecule has 160 valence electrons. The number of para-hydroxylation sites is 1. The number of esters is 1. The molecule has 8 heteroatoms. The van der Waals surface area contributed by atoms with E-state index in [1.54, 1.807) is 60.4 Å². The summed E-state index contributed by atoms with van der Waals surface area (Å²) in [6.07, 6.45) is 1.03. The molecule has 1 aliphatic heterocycles. The molecular weight excluding hydrogens is 404 g/mol. The number of sulfonamides is 1. The van der Waals surface area contributed by atoms with E-state index in [0.717, 1.165) is 4.31 Å². The molecule has 0 unspecified atom stereocenters. The van der Waals surface area contributed by atoms with Gasteiger partial charge in [0.25, 0.3) is 10.0 Å². The van der Waals surface area contributed by atoms with Crippen molar-refractivity contribution in [3.8, 4) is 0 Å². The van der Waals surface area contributed by atoms with Gasteiger partial charge in [-0.05, 0) is 44.0 Å². The van der Waals surface area contributed by atoms with E-state index in [1.807, 2.05) is 0 Å². The number of carbonyl (C=O) groups excluding carboxylic acids is 2. The van der Waals surface area contributed by atoms with Crippen molar-refractivity contribution in [1.29, 1.82) is 0 Å². The fraction of sp³-hybridized carbons (Fsp3) is 0.364. The second-order valence-electron chi connectivity index (χ2n) is 7.07. The van der Waals surface area contributed by atoms with Crippen LogP contribution in [0.15, 0.2) is 65.6 Å². The molecular formula is C22H26N2O5S. The van der Waals surface area contributed by atoms with Crippen molar-refractivity contribution in [1.82, 2.24) is 4.90 Å². The van der Waals surface area contributed by atoms with Gasteiger partial charge >= 0.3 is 5.97 Å². The minimum absolute atomic E-state index is 0.127. The molecule has 1 heterocycles. The second-order valence-corrected chi connectivity index (χ2v) is 8.93. The molecule has 2 aromatic carbocycles. The van der Waals surface area contributed by atoms with Gasteiger partial charge in [-0.2, -0.15) is 0 Å². The number of anilines is 1. The van der Waals surface area contributed by atoms with Crippen LogP contribution in [0.5, 0.6) is 0 Å².